The molecule has 0 aromatic heterocycles. The minimum atomic E-state index is 0.0506. The molecular weight excluding hydrogens is 300 g/mol. The number of amides is 1. The minimum Gasteiger partial charge on any atom is -0.490 e. The van der Waals surface area contributed by atoms with Crippen molar-refractivity contribution >= 4 is 5.91 Å². The number of hydrogen-bond donors (Lipinski definition) is 2. The first-order valence-corrected chi connectivity index (χ1v) is 9.31. The second-order valence-corrected chi connectivity index (χ2v) is 8.47. The number of hydrogen-bond acceptors (Lipinski definition) is 3. The molecule has 2 N–H and O–H groups in total. The Bertz CT molecular complexity index is 631. The predicted molar refractivity (Wildman–Crippen MR) is 94.5 cm³/mol. The molecule has 24 heavy (non-hydrogen) atoms. The Morgan fingerprint density at radius 1 is 1.12 bits per heavy atom. The van der Waals surface area contributed by atoms with E-state index in [4.69, 9.17) is 4.74 Å². The molecule has 0 spiro atoms. The first kappa shape index (κ1) is 15.9. The lowest BCUT2D eigenvalue weighted by molar-refractivity contribution is 0.0942. The van der Waals surface area contributed by atoms with Gasteiger partial charge in [0, 0.05) is 31.1 Å². The molecule has 0 unspecified atom stereocenters. The van der Waals surface area contributed by atoms with Crippen LogP contribution in [0.3, 0.4) is 0 Å². The smallest absolute Gasteiger partial charge is 0.251 e. The van der Waals surface area contributed by atoms with E-state index in [0.717, 1.165) is 43.8 Å². The Balaban J connectivity index is 1.53. The molecule has 1 aromatic carbocycles. The van der Waals surface area contributed by atoms with Crippen molar-refractivity contribution in [3.8, 4) is 5.75 Å². The van der Waals surface area contributed by atoms with Crippen LogP contribution in [0.2, 0.25) is 0 Å². The van der Waals surface area contributed by atoms with E-state index in [1.54, 1.807) is 0 Å². The molecule has 1 aromatic rings. The van der Waals surface area contributed by atoms with Crippen LogP contribution >= 0.6 is 0 Å². The molecule has 3 aliphatic rings. The third-order valence-electron chi connectivity index (χ3n) is 6.12. The van der Waals surface area contributed by atoms with Crippen LogP contribution in [0.1, 0.15) is 61.4 Å². The van der Waals surface area contributed by atoms with Gasteiger partial charge in [-0.25, -0.2) is 0 Å². The fourth-order valence-electron chi connectivity index (χ4n) is 4.44. The molecule has 2 aliphatic heterocycles. The van der Waals surface area contributed by atoms with Gasteiger partial charge in [0.05, 0.1) is 6.10 Å². The monoisotopic (exact) mass is 328 g/mol. The average Bonchev–Trinajstić information content (AvgIpc) is 2.98. The van der Waals surface area contributed by atoms with Crippen LogP contribution in [0.4, 0.5) is 0 Å². The lowest BCUT2D eigenvalue weighted by atomic mass is 9.76. The summed E-state index contributed by atoms with van der Waals surface area (Å²) in [5.74, 6) is 1.83. The first-order chi connectivity index (χ1) is 11.5. The van der Waals surface area contributed by atoms with E-state index in [9.17, 15) is 4.79 Å². The van der Waals surface area contributed by atoms with Gasteiger partial charge in [-0.05, 0) is 54.7 Å². The van der Waals surface area contributed by atoms with Crippen molar-refractivity contribution < 1.29 is 9.53 Å². The van der Waals surface area contributed by atoms with Crippen molar-refractivity contribution in [3.63, 3.8) is 0 Å². The Kier molecular flexibility index (Phi) is 4.03. The predicted octanol–water partition coefficient (Wildman–Crippen LogP) is 3.08. The average molecular weight is 328 g/mol. The van der Waals surface area contributed by atoms with E-state index in [1.165, 1.54) is 18.4 Å². The molecule has 0 bridgehead atoms. The van der Waals surface area contributed by atoms with E-state index in [-0.39, 0.29) is 12.0 Å². The van der Waals surface area contributed by atoms with Crippen LogP contribution in [0, 0.1) is 11.3 Å². The van der Waals surface area contributed by atoms with Gasteiger partial charge in [0.25, 0.3) is 5.91 Å². The summed E-state index contributed by atoms with van der Waals surface area (Å²) in [4.78, 5) is 12.5. The third-order valence-corrected chi connectivity index (χ3v) is 6.12. The van der Waals surface area contributed by atoms with Crippen molar-refractivity contribution in [1.29, 1.82) is 0 Å². The number of rotatable bonds is 2. The number of fused-ring (bicyclic) bond motifs is 3. The van der Waals surface area contributed by atoms with Crippen molar-refractivity contribution in [3.05, 3.63) is 29.3 Å². The highest BCUT2D eigenvalue weighted by molar-refractivity contribution is 5.96. The zero-order valence-corrected chi connectivity index (χ0v) is 14.7. The molecular formula is C20H28N2O2. The molecule has 1 saturated carbocycles. The molecule has 1 aliphatic carbocycles. The standard InChI is InChI=1S/C20H28N2O2/c1-20(2)7-5-14(6-8-20)24-15-3-4-16-17(9-15)19(23)22-11-13-10-21-12-18(13)16/h3-4,9,13-14,18,21H,5-8,10-12H2,1-2H3,(H,22,23)/t13-,18+/m0/s1. The highest BCUT2D eigenvalue weighted by Crippen LogP contribution is 2.38. The van der Waals surface area contributed by atoms with E-state index < -0.39 is 0 Å². The van der Waals surface area contributed by atoms with Crippen molar-refractivity contribution in [2.45, 2.75) is 51.6 Å². The number of nitrogens with one attached hydrogen (secondary N) is 2. The lowest BCUT2D eigenvalue weighted by Crippen LogP contribution is -2.29. The highest BCUT2D eigenvalue weighted by atomic mass is 16.5. The Hall–Kier alpha value is -1.55. The van der Waals surface area contributed by atoms with Gasteiger partial charge in [-0.15, -0.1) is 0 Å². The maximum atomic E-state index is 12.5. The summed E-state index contributed by atoms with van der Waals surface area (Å²) in [5.41, 5.74) is 2.43. The van der Waals surface area contributed by atoms with Crippen LogP contribution in [-0.4, -0.2) is 31.6 Å². The van der Waals surface area contributed by atoms with Crippen LogP contribution in [-0.2, 0) is 0 Å². The zero-order chi connectivity index (χ0) is 16.7. The zero-order valence-electron chi connectivity index (χ0n) is 14.7. The largest absolute Gasteiger partial charge is 0.490 e. The molecule has 130 valence electrons. The Morgan fingerprint density at radius 2 is 1.92 bits per heavy atom. The first-order valence-electron chi connectivity index (χ1n) is 9.31. The van der Waals surface area contributed by atoms with Gasteiger partial charge in [-0.2, -0.15) is 0 Å². The quantitative estimate of drug-likeness (QED) is 0.877. The molecule has 4 heteroatoms. The number of carbonyl (C=O) groups excluding carboxylic acids is 1. The highest BCUT2D eigenvalue weighted by Gasteiger charge is 2.34. The fraction of sp³-hybridized carbons (Fsp3) is 0.650. The second-order valence-electron chi connectivity index (χ2n) is 8.47. The number of ether oxygens (including phenoxy) is 1. The number of benzene rings is 1. The summed E-state index contributed by atoms with van der Waals surface area (Å²) in [7, 11) is 0. The summed E-state index contributed by atoms with van der Waals surface area (Å²) >= 11 is 0. The molecule has 2 atom stereocenters. The summed E-state index contributed by atoms with van der Waals surface area (Å²) in [6.45, 7) is 7.38. The summed E-state index contributed by atoms with van der Waals surface area (Å²) < 4.78 is 6.22. The van der Waals surface area contributed by atoms with E-state index in [1.807, 2.05) is 6.07 Å². The Morgan fingerprint density at radius 3 is 2.71 bits per heavy atom. The molecule has 0 radical (unpaired) electrons. The van der Waals surface area contributed by atoms with Gasteiger partial charge in [0.2, 0.25) is 0 Å². The van der Waals surface area contributed by atoms with Crippen LogP contribution < -0.4 is 15.4 Å². The topological polar surface area (TPSA) is 50.4 Å². The van der Waals surface area contributed by atoms with Crippen LogP contribution in [0.5, 0.6) is 5.75 Å². The summed E-state index contributed by atoms with van der Waals surface area (Å²) in [6, 6.07) is 6.14. The van der Waals surface area contributed by atoms with Crippen molar-refractivity contribution in [2.75, 3.05) is 19.6 Å². The Labute approximate surface area is 144 Å². The SMILES string of the molecule is CC1(C)CCC(Oc2ccc3c(c2)C(=O)NC[C@@H]2CNC[C@@H]32)CC1. The number of carbonyl (C=O) groups is 1. The summed E-state index contributed by atoms with van der Waals surface area (Å²) in [5, 5.41) is 6.53. The van der Waals surface area contributed by atoms with Crippen LogP contribution in [0.15, 0.2) is 18.2 Å². The molecule has 2 fully saturated rings. The van der Waals surface area contributed by atoms with Crippen LogP contribution in [0.25, 0.3) is 0 Å². The van der Waals surface area contributed by atoms with Gasteiger partial charge < -0.3 is 15.4 Å². The molecule has 2 heterocycles. The van der Waals surface area contributed by atoms with Crippen molar-refractivity contribution in [2.24, 2.45) is 11.3 Å². The van der Waals surface area contributed by atoms with Gasteiger partial charge in [0.15, 0.2) is 0 Å². The molecule has 1 amide bonds. The maximum absolute atomic E-state index is 12.5. The van der Waals surface area contributed by atoms with E-state index >= 15 is 0 Å². The minimum absolute atomic E-state index is 0.0506. The maximum Gasteiger partial charge on any atom is 0.251 e. The fourth-order valence-corrected chi connectivity index (χ4v) is 4.44. The normalized spacial score (nSPS) is 29.3. The van der Waals surface area contributed by atoms with E-state index in [0.29, 0.717) is 17.3 Å². The second kappa shape index (κ2) is 6.07. The van der Waals surface area contributed by atoms with Gasteiger partial charge in [0.1, 0.15) is 5.75 Å². The molecule has 4 nitrogen and oxygen atoms in total. The third kappa shape index (κ3) is 3.04. The molecule has 1 saturated heterocycles. The lowest BCUT2D eigenvalue weighted by Gasteiger charge is -2.34. The van der Waals surface area contributed by atoms with Gasteiger partial charge in [-0.3, -0.25) is 4.79 Å². The van der Waals surface area contributed by atoms with Gasteiger partial charge in [-0.1, -0.05) is 19.9 Å². The summed E-state index contributed by atoms with van der Waals surface area (Å²) in [6.07, 6.45) is 4.90. The van der Waals surface area contributed by atoms with Crippen molar-refractivity contribution in [1.82, 2.24) is 10.6 Å². The van der Waals surface area contributed by atoms with E-state index in [2.05, 4.69) is 36.6 Å². The van der Waals surface area contributed by atoms with Gasteiger partial charge >= 0.3 is 0 Å². The molecule has 4 rings (SSSR count).